The normalized spacial score (nSPS) is 10.4. The maximum absolute atomic E-state index is 12.4. The lowest BCUT2D eigenvalue weighted by Crippen LogP contribution is -2.09. The Labute approximate surface area is 173 Å². The predicted octanol–water partition coefficient (Wildman–Crippen LogP) is 5.94. The second kappa shape index (κ2) is 9.49. The van der Waals surface area contributed by atoms with Gasteiger partial charge in [0.1, 0.15) is 30.3 Å². The molecule has 3 aromatic carbocycles. The number of carbonyl (C=O) groups is 1. The standard InChI is InChI=1S/C22H18Cl2O4/c1-26-22(25)21-19(27-13-15-5-2-7-17(23)11-15)9-4-10-20(21)28-14-16-6-3-8-18(24)12-16/h2-12H,13-14H2,1H3. The van der Waals surface area contributed by atoms with Gasteiger partial charge in [0.2, 0.25) is 0 Å². The molecule has 0 saturated heterocycles. The molecular weight excluding hydrogens is 399 g/mol. The monoisotopic (exact) mass is 416 g/mol. The van der Waals surface area contributed by atoms with Crippen molar-refractivity contribution in [1.82, 2.24) is 0 Å². The Hall–Kier alpha value is -2.69. The summed E-state index contributed by atoms with van der Waals surface area (Å²) in [7, 11) is 1.32. The van der Waals surface area contributed by atoms with Crippen molar-refractivity contribution >= 4 is 29.2 Å². The third kappa shape index (κ3) is 5.18. The van der Waals surface area contributed by atoms with Crippen molar-refractivity contribution < 1.29 is 19.0 Å². The van der Waals surface area contributed by atoms with Crippen molar-refractivity contribution in [3.63, 3.8) is 0 Å². The molecule has 0 aromatic heterocycles. The summed E-state index contributed by atoms with van der Waals surface area (Å²) in [4.78, 5) is 12.4. The van der Waals surface area contributed by atoms with E-state index in [2.05, 4.69) is 0 Å². The van der Waals surface area contributed by atoms with E-state index in [1.165, 1.54) is 7.11 Å². The van der Waals surface area contributed by atoms with Crippen LogP contribution in [-0.2, 0) is 18.0 Å². The number of benzene rings is 3. The molecule has 3 aromatic rings. The maximum Gasteiger partial charge on any atom is 0.345 e. The fraction of sp³-hybridized carbons (Fsp3) is 0.136. The summed E-state index contributed by atoms with van der Waals surface area (Å²) in [5.74, 6) is 0.202. The van der Waals surface area contributed by atoms with E-state index in [4.69, 9.17) is 37.4 Å². The van der Waals surface area contributed by atoms with Crippen LogP contribution in [0.25, 0.3) is 0 Å². The first-order valence-corrected chi connectivity index (χ1v) is 9.28. The Morgan fingerprint density at radius 1 is 0.786 bits per heavy atom. The zero-order valence-corrected chi connectivity index (χ0v) is 16.7. The Balaban J connectivity index is 1.81. The van der Waals surface area contributed by atoms with Crippen LogP contribution in [0.5, 0.6) is 11.5 Å². The van der Waals surface area contributed by atoms with E-state index in [1.54, 1.807) is 42.5 Å². The highest BCUT2D eigenvalue weighted by Gasteiger charge is 2.20. The highest BCUT2D eigenvalue weighted by Crippen LogP contribution is 2.31. The molecule has 0 aliphatic carbocycles. The Bertz CT molecular complexity index is 905. The SMILES string of the molecule is COC(=O)c1c(OCc2cccc(Cl)c2)cccc1OCc1cccc(Cl)c1. The number of rotatable bonds is 7. The molecule has 0 fully saturated rings. The Morgan fingerprint density at radius 3 is 1.68 bits per heavy atom. The molecule has 0 aliphatic heterocycles. The van der Waals surface area contributed by atoms with E-state index in [9.17, 15) is 4.79 Å². The second-order valence-corrected chi connectivity index (χ2v) is 6.83. The van der Waals surface area contributed by atoms with Crippen LogP contribution in [-0.4, -0.2) is 13.1 Å². The van der Waals surface area contributed by atoms with Gasteiger partial charge in [-0.3, -0.25) is 0 Å². The molecule has 0 radical (unpaired) electrons. The number of ether oxygens (including phenoxy) is 3. The minimum atomic E-state index is -0.539. The topological polar surface area (TPSA) is 44.8 Å². The summed E-state index contributed by atoms with van der Waals surface area (Å²) < 4.78 is 16.6. The fourth-order valence-corrected chi connectivity index (χ4v) is 3.06. The molecule has 0 amide bonds. The van der Waals surface area contributed by atoms with Crippen molar-refractivity contribution in [2.45, 2.75) is 13.2 Å². The average Bonchev–Trinajstić information content (AvgIpc) is 2.70. The molecule has 0 unspecified atom stereocenters. The first kappa shape index (κ1) is 20.1. The third-order valence-corrected chi connectivity index (χ3v) is 4.41. The molecule has 0 aliphatic rings. The largest absolute Gasteiger partial charge is 0.488 e. The van der Waals surface area contributed by atoms with Gasteiger partial charge in [-0.1, -0.05) is 53.5 Å². The fourth-order valence-electron chi connectivity index (χ4n) is 2.63. The average molecular weight is 417 g/mol. The van der Waals surface area contributed by atoms with Crippen molar-refractivity contribution in [3.8, 4) is 11.5 Å². The van der Waals surface area contributed by atoms with Crippen molar-refractivity contribution in [1.29, 1.82) is 0 Å². The molecule has 3 rings (SSSR count). The quantitative estimate of drug-likeness (QED) is 0.447. The zero-order valence-electron chi connectivity index (χ0n) is 15.2. The summed E-state index contributed by atoms with van der Waals surface area (Å²) in [6, 6.07) is 19.8. The van der Waals surface area contributed by atoms with Gasteiger partial charge in [0, 0.05) is 10.0 Å². The van der Waals surface area contributed by atoms with Crippen LogP contribution in [0, 0.1) is 0 Å². The smallest absolute Gasteiger partial charge is 0.345 e. The van der Waals surface area contributed by atoms with Gasteiger partial charge in [-0.05, 0) is 47.5 Å². The first-order chi connectivity index (χ1) is 13.6. The van der Waals surface area contributed by atoms with E-state index in [0.29, 0.717) is 21.5 Å². The molecule has 0 saturated carbocycles. The molecular formula is C22H18Cl2O4. The molecule has 144 valence electrons. The number of methoxy groups -OCH3 is 1. The minimum absolute atomic E-state index is 0.231. The lowest BCUT2D eigenvalue weighted by Gasteiger charge is -2.15. The Kier molecular flexibility index (Phi) is 6.80. The molecule has 0 spiro atoms. The van der Waals surface area contributed by atoms with E-state index in [1.807, 2.05) is 24.3 Å². The predicted molar refractivity (Wildman–Crippen MR) is 109 cm³/mol. The van der Waals surface area contributed by atoms with Gasteiger partial charge in [0.25, 0.3) is 0 Å². The number of hydrogen-bond acceptors (Lipinski definition) is 4. The van der Waals surface area contributed by atoms with Gasteiger partial charge in [-0.25, -0.2) is 4.79 Å². The van der Waals surface area contributed by atoms with E-state index < -0.39 is 5.97 Å². The number of hydrogen-bond donors (Lipinski definition) is 0. The lowest BCUT2D eigenvalue weighted by atomic mass is 10.1. The van der Waals surface area contributed by atoms with Gasteiger partial charge in [0.05, 0.1) is 7.11 Å². The van der Waals surface area contributed by atoms with E-state index in [-0.39, 0.29) is 18.8 Å². The van der Waals surface area contributed by atoms with Crippen LogP contribution < -0.4 is 9.47 Å². The van der Waals surface area contributed by atoms with Crippen LogP contribution in [0.2, 0.25) is 10.0 Å². The minimum Gasteiger partial charge on any atom is -0.488 e. The highest BCUT2D eigenvalue weighted by molar-refractivity contribution is 6.30. The van der Waals surface area contributed by atoms with Gasteiger partial charge in [0.15, 0.2) is 0 Å². The lowest BCUT2D eigenvalue weighted by molar-refractivity contribution is 0.0590. The van der Waals surface area contributed by atoms with Crippen LogP contribution in [0.15, 0.2) is 66.7 Å². The zero-order chi connectivity index (χ0) is 19.9. The van der Waals surface area contributed by atoms with Crippen molar-refractivity contribution in [2.24, 2.45) is 0 Å². The van der Waals surface area contributed by atoms with Crippen molar-refractivity contribution in [2.75, 3.05) is 7.11 Å². The van der Waals surface area contributed by atoms with Crippen LogP contribution in [0.1, 0.15) is 21.5 Å². The van der Waals surface area contributed by atoms with Gasteiger partial charge in [-0.15, -0.1) is 0 Å². The van der Waals surface area contributed by atoms with Gasteiger partial charge < -0.3 is 14.2 Å². The summed E-state index contributed by atoms with van der Waals surface area (Å²) in [6.07, 6.45) is 0. The maximum atomic E-state index is 12.4. The van der Waals surface area contributed by atoms with E-state index >= 15 is 0 Å². The van der Waals surface area contributed by atoms with Gasteiger partial charge in [-0.2, -0.15) is 0 Å². The summed E-state index contributed by atoms with van der Waals surface area (Å²) in [5, 5.41) is 1.24. The molecule has 4 nitrogen and oxygen atoms in total. The summed E-state index contributed by atoms with van der Waals surface area (Å²) in [5.41, 5.74) is 2.00. The Morgan fingerprint density at radius 2 is 1.25 bits per heavy atom. The van der Waals surface area contributed by atoms with Crippen LogP contribution in [0.3, 0.4) is 0 Å². The molecule has 6 heteroatoms. The number of halogens is 2. The summed E-state index contributed by atoms with van der Waals surface area (Å²) >= 11 is 12.0. The van der Waals surface area contributed by atoms with Gasteiger partial charge >= 0.3 is 5.97 Å². The molecule has 0 heterocycles. The third-order valence-electron chi connectivity index (χ3n) is 3.94. The molecule has 0 bridgehead atoms. The second-order valence-electron chi connectivity index (χ2n) is 5.96. The molecule has 0 atom stereocenters. The van der Waals surface area contributed by atoms with E-state index in [0.717, 1.165) is 11.1 Å². The van der Waals surface area contributed by atoms with Crippen LogP contribution >= 0.6 is 23.2 Å². The first-order valence-electron chi connectivity index (χ1n) is 8.52. The highest BCUT2D eigenvalue weighted by atomic mass is 35.5. The van der Waals surface area contributed by atoms with Crippen LogP contribution in [0.4, 0.5) is 0 Å². The number of carbonyl (C=O) groups excluding carboxylic acids is 1. The van der Waals surface area contributed by atoms with Crippen molar-refractivity contribution in [3.05, 3.63) is 93.5 Å². The number of esters is 1. The molecule has 0 N–H and O–H groups in total. The molecule has 28 heavy (non-hydrogen) atoms. The summed E-state index contributed by atoms with van der Waals surface area (Å²) in [6.45, 7) is 0.505.